The molecular formula is C18H16Cl2N2O. The van der Waals surface area contributed by atoms with Crippen LogP contribution in [-0.4, -0.2) is 16.7 Å². The van der Waals surface area contributed by atoms with Crippen LogP contribution < -0.4 is 0 Å². The lowest BCUT2D eigenvalue weighted by Gasteiger charge is -2.34. The summed E-state index contributed by atoms with van der Waals surface area (Å²) in [7, 11) is 1.69. The molecule has 0 saturated heterocycles. The van der Waals surface area contributed by atoms with E-state index in [1.165, 1.54) is 0 Å². The molecule has 0 aliphatic carbocycles. The molecule has 118 valence electrons. The summed E-state index contributed by atoms with van der Waals surface area (Å²) in [6.45, 7) is 0.550. The van der Waals surface area contributed by atoms with Crippen LogP contribution in [0.4, 0.5) is 0 Å². The van der Waals surface area contributed by atoms with E-state index >= 15 is 0 Å². The molecule has 0 N–H and O–H groups in total. The van der Waals surface area contributed by atoms with Crippen LogP contribution in [0.25, 0.3) is 0 Å². The molecule has 0 radical (unpaired) electrons. The second kappa shape index (κ2) is 6.75. The second-order valence-corrected chi connectivity index (χ2v) is 6.10. The summed E-state index contributed by atoms with van der Waals surface area (Å²) in [6.07, 6.45) is 5.41. The van der Waals surface area contributed by atoms with Crippen molar-refractivity contribution in [1.29, 1.82) is 0 Å². The fourth-order valence-corrected chi connectivity index (χ4v) is 3.35. The fraction of sp³-hybridized carbons (Fsp3) is 0.167. The predicted octanol–water partition coefficient (Wildman–Crippen LogP) is 4.78. The summed E-state index contributed by atoms with van der Waals surface area (Å²) >= 11 is 12.6. The van der Waals surface area contributed by atoms with Gasteiger partial charge in [-0.1, -0.05) is 59.6 Å². The maximum Gasteiger partial charge on any atom is 0.137 e. The van der Waals surface area contributed by atoms with Crippen molar-refractivity contribution in [3.63, 3.8) is 0 Å². The van der Waals surface area contributed by atoms with Crippen molar-refractivity contribution in [2.75, 3.05) is 7.11 Å². The fourth-order valence-electron chi connectivity index (χ4n) is 2.79. The van der Waals surface area contributed by atoms with Crippen LogP contribution in [-0.2, 0) is 16.9 Å². The lowest BCUT2D eigenvalue weighted by Crippen LogP contribution is -2.35. The number of imidazole rings is 1. The van der Waals surface area contributed by atoms with Crippen molar-refractivity contribution in [2.24, 2.45) is 0 Å². The molecule has 1 heterocycles. The van der Waals surface area contributed by atoms with E-state index in [0.717, 1.165) is 11.1 Å². The molecule has 0 amide bonds. The van der Waals surface area contributed by atoms with Crippen molar-refractivity contribution in [1.82, 2.24) is 9.55 Å². The van der Waals surface area contributed by atoms with Gasteiger partial charge in [-0.15, -0.1) is 0 Å². The van der Waals surface area contributed by atoms with Crippen LogP contribution in [0.2, 0.25) is 10.0 Å². The van der Waals surface area contributed by atoms with Crippen LogP contribution in [0.3, 0.4) is 0 Å². The number of methoxy groups -OCH3 is 1. The normalized spacial score (nSPS) is 13.7. The van der Waals surface area contributed by atoms with E-state index in [1.807, 2.05) is 53.2 Å². The predicted molar refractivity (Wildman–Crippen MR) is 92.9 cm³/mol. The van der Waals surface area contributed by atoms with E-state index in [0.29, 0.717) is 16.6 Å². The third-order valence-corrected chi connectivity index (χ3v) is 4.47. The van der Waals surface area contributed by atoms with E-state index in [9.17, 15) is 0 Å². The summed E-state index contributed by atoms with van der Waals surface area (Å²) in [5, 5.41) is 1.17. The molecule has 0 spiro atoms. The first-order valence-corrected chi connectivity index (χ1v) is 7.93. The highest BCUT2D eigenvalue weighted by Gasteiger charge is 2.36. The Morgan fingerprint density at radius 3 is 2.52 bits per heavy atom. The Morgan fingerprint density at radius 1 is 1.13 bits per heavy atom. The average Bonchev–Trinajstić information content (AvgIpc) is 3.07. The summed E-state index contributed by atoms with van der Waals surface area (Å²) in [4.78, 5) is 4.12. The molecule has 23 heavy (non-hydrogen) atoms. The Labute approximate surface area is 145 Å². The van der Waals surface area contributed by atoms with Gasteiger partial charge in [-0.3, -0.25) is 0 Å². The number of aromatic nitrogens is 2. The standard InChI is InChI=1S/C18H16Cl2N2O/c1-23-18(12-22-10-9-21-13-22,14-5-3-2-4-6-14)16-8-7-15(19)11-17(16)20/h2-11,13H,12H2,1H3. The van der Waals surface area contributed by atoms with Gasteiger partial charge >= 0.3 is 0 Å². The number of nitrogens with zero attached hydrogens (tertiary/aromatic N) is 2. The molecule has 0 aliphatic heterocycles. The monoisotopic (exact) mass is 346 g/mol. The number of hydrogen-bond donors (Lipinski definition) is 0. The first-order valence-electron chi connectivity index (χ1n) is 7.17. The Balaban J connectivity index is 2.19. The highest BCUT2D eigenvalue weighted by Crippen LogP contribution is 2.39. The van der Waals surface area contributed by atoms with E-state index in [2.05, 4.69) is 4.98 Å². The Kier molecular flexibility index (Phi) is 4.71. The van der Waals surface area contributed by atoms with Gasteiger partial charge in [0.2, 0.25) is 0 Å². The number of benzene rings is 2. The van der Waals surface area contributed by atoms with Crippen LogP contribution in [0.5, 0.6) is 0 Å². The lowest BCUT2D eigenvalue weighted by atomic mass is 9.85. The minimum absolute atomic E-state index is 0.550. The zero-order valence-corrected chi connectivity index (χ0v) is 14.1. The lowest BCUT2D eigenvalue weighted by molar-refractivity contribution is 0.00695. The van der Waals surface area contributed by atoms with Crippen molar-refractivity contribution in [2.45, 2.75) is 12.1 Å². The molecule has 1 atom stereocenters. The molecule has 3 rings (SSSR count). The first kappa shape index (κ1) is 16.1. The average molecular weight is 347 g/mol. The number of hydrogen-bond acceptors (Lipinski definition) is 2. The van der Waals surface area contributed by atoms with Crippen LogP contribution >= 0.6 is 23.2 Å². The van der Waals surface area contributed by atoms with E-state index in [4.69, 9.17) is 27.9 Å². The largest absolute Gasteiger partial charge is 0.367 e. The third-order valence-electron chi connectivity index (χ3n) is 3.92. The molecule has 0 saturated carbocycles. The highest BCUT2D eigenvalue weighted by atomic mass is 35.5. The molecule has 0 aliphatic rings. The van der Waals surface area contributed by atoms with Crippen LogP contribution in [0, 0.1) is 0 Å². The quantitative estimate of drug-likeness (QED) is 0.664. The van der Waals surface area contributed by atoms with Gasteiger partial charge in [0.05, 0.1) is 12.9 Å². The number of ether oxygens (including phenoxy) is 1. The summed E-state index contributed by atoms with van der Waals surface area (Å²) < 4.78 is 8.00. The molecule has 0 fully saturated rings. The molecule has 5 heteroatoms. The van der Waals surface area contributed by atoms with E-state index in [-0.39, 0.29) is 0 Å². The van der Waals surface area contributed by atoms with Gasteiger partial charge in [-0.05, 0) is 17.7 Å². The number of halogens is 2. The number of rotatable bonds is 5. The SMILES string of the molecule is COC(Cn1ccnc1)(c1ccccc1)c1ccc(Cl)cc1Cl. The van der Waals surface area contributed by atoms with E-state index < -0.39 is 5.60 Å². The minimum atomic E-state index is -0.733. The smallest absolute Gasteiger partial charge is 0.137 e. The van der Waals surface area contributed by atoms with Gasteiger partial charge in [0, 0.05) is 35.1 Å². The molecule has 0 bridgehead atoms. The van der Waals surface area contributed by atoms with Gasteiger partial charge in [0.25, 0.3) is 0 Å². The van der Waals surface area contributed by atoms with Gasteiger partial charge in [-0.25, -0.2) is 4.98 Å². The Morgan fingerprint density at radius 2 is 1.91 bits per heavy atom. The molecule has 2 aromatic carbocycles. The van der Waals surface area contributed by atoms with Gasteiger partial charge in [0.15, 0.2) is 0 Å². The maximum atomic E-state index is 6.49. The van der Waals surface area contributed by atoms with Crippen LogP contribution in [0.1, 0.15) is 11.1 Å². The van der Waals surface area contributed by atoms with Crippen molar-refractivity contribution in [3.8, 4) is 0 Å². The van der Waals surface area contributed by atoms with Crippen molar-refractivity contribution >= 4 is 23.2 Å². The minimum Gasteiger partial charge on any atom is -0.367 e. The molecule has 1 aromatic heterocycles. The Hall–Kier alpha value is -1.81. The summed E-state index contributed by atoms with van der Waals surface area (Å²) in [5.41, 5.74) is 1.15. The topological polar surface area (TPSA) is 27.1 Å². The Bertz CT molecular complexity index is 775. The first-order chi connectivity index (χ1) is 11.2. The molecule has 3 aromatic rings. The third kappa shape index (κ3) is 3.13. The van der Waals surface area contributed by atoms with Gasteiger partial charge in [-0.2, -0.15) is 0 Å². The summed E-state index contributed by atoms with van der Waals surface area (Å²) in [5.74, 6) is 0. The maximum absolute atomic E-state index is 6.49. The van der Waals surface area contributed by atoms with Gasteiger partial charge in [0.1, 0.15) is 5.60 Å². The van der Waals surface area contributed by atoms with E-state index in [1.54, 1.807) is 25.7 Å². The summed E-state index contributed by atoms with van der Waals surface area (Å²) in [6, 6.07) is 15.5. The van der Waals surface area contributed by atoms with Crippen molar-refractivity contribution in [3.05, 3.63) is 88.4 Å². The van der Waals surface area contributed by atoms with Crippen LogP contribution in [0.15, 0.2) is 67.3 Å². The molecule has 3 nitrogen and oxygen atoms in total. The highest BCUT2D eigenvalue weighted by molar-refractivity contribution is 6.35. The van der Waals surface area contributed by atoms with Crippen molar-refractivity contribution < 1.29 is 4.74 Å². The zero-order chi connectivity index (χ0) is 16.3. The van der Waals surface area contributed by atoms with Gasteiger partial charge < -0.3 is 9.30 Å². The molecular weight excluding hydrogens is 331 g/mol. The molecule has 1 unspecified atom stereocenters. The zero-order valence-electron chi connectivity index (χ0n) is 12.6. The second-order valence-electron chi connectivity index (χ2n) is 5.26.